The summed E-state index contributed by atoms with van der Waals surface area (Å²) < 4.78 is 0. The molecule has 3 fully saturated rings. The third kappa shape index (κ3) is 1.43. The van der Waals surface area contributed by atoms with Gasteiger partial charge in [0.25, 0.3) is 0 Å². The highest BCUT2D eigenvalue weighted by Crippen LogP contribution is 2.64. The van der Waals surface area contributed by atoms with E-state index in [1.165, 1.54) is 32.1 Å². The summed E-state index contributed by atoms with van der Waals surface area (Å²) in [5.41, 5.74) is 0.453. The van der Waals surface area contributed by atoms with Gasteiger partial charge in [-0.1, -0.05) is 33.3 Å². The summed E-state index contributed by atoms with van der Waals surface area (Å²) >= 11 is 0. The Kier molecular flexibility index (Phi) is 2.89. The molecule has 18 heavy (non-hydrogen) atoms. The second-order valence-corrected chi connectivity index (χ2v) is 7.39. The number of fused-ring (bicyclic) bond motifs is 3. The van der Waals surface area contributed by atoms with Crippen LogP contribution < -0.4 is 0 Å². The van der Waals surface area contributed by atoms with Crippen LogP contribution in [0.4, 0.5) is 0 Å². The van der Waals surface area contributed by atoms with Gasteiger partial charge in [-0.15, -0.1) is 0 Å². The molecule has 0 saturated heterocycles. The van der Waals surface area contributed by atoms with Crippen LogP contribution in [0.25, 0.3) is 0 Å². The molecule has 3 rings (SSSR count). The van der Waals surface area contributed by atoms with E-state index in [4.69, 9.17) is 0 Å². The second-order valence-electron chi connectivity index (χ2n) is 7.39. The first-order valence-electron chi connectivity index (χ1n) is 7.86. The van der Waals surface area contributed by atoms with Crippen molar-refractivity contribution in [3.05, 3.63) is 12.2 Å². The lowest BCUT2D eigenvalue weighted by molar-refractivity contribution is -0.217. The van der Waals surface area contributed by atoms with Crippen LogP contribution in [0.1, 0.15) is 52.9 Å². The fourth-order valence-corrected chi connectivity index (χ4v) is 5.82. The Bertz CT molecular complexity index is 361. The maximum Gasteiger partial charge on any atom is 0.0910 e. The number of hydrogen-bond donors (Lipinski definition) is 1. The van der Waals surface area contributed by atoms with Crippen molar-refractivity contribution in [1.29, 1.82) is 0 Å². The fraction of sp³-hybridized carbons (Fsp3) is 0.882. The van der Waals surface area contributed by atoms with Crippen LogP contribution in [0, 0.1) is 35.5 Å². The van der Waals surface area contributed by atoms with Gasteiger partial charge >= 0.3 is 0 Å². The summed E-state index contributed by atoms with van der Waals surface area (Å²) in [5.74, 6) is 4.46. The summed E-state index contributed by atoms with van der Waals surface area (Å²) in [7, 11) is 0. The van der Waals surface area contributed by atoms with Gasteiger partial charge in [0.15, 0.2) is 0 Å². The average Bonchev–Trinajstić information content (AvgIpc) is 2.36. The quantitative estimate of drug-likeness (QED) is 0.695. The Balaban J connectivity index is 1.84. The van der Waals surface area contributed by atoms with E-state index in [9.17, 15) is 5.11 Å². The van der Waals surface area contributed by atoms with Gasteiger partial charge in [0, 0.05) is 0 Å². The zero-order chi connectivity index (χ0) is 13.1. The highest BCUT2D eigenvalue weighted by molar-refractivity contribution is 5.25. The zero-order valence-corrected chi connectivity index (χ0v) is 12.2. The Morgan fingerprint density at radius 2 is 1.83 bits per heavy atom. The minimum absolute atomic E-state index is 0.429. The van der Waals surface area contributed by atoms with E-state index in [0.29, 0.717) is 11.8 Å². The van der Waals surface area contributed by atoms with Crippen molar-refractivity contribution in [2.75, 3.05) is 0 Å². The summed E-state index contributed by atoms with van der Waals surface area (Å²) in [6, 6.07) is 0. The van der Waals surface area contributed by atoms with Crippen molar-refractivity contribution in [3.63, 3.8) is 0 Å². The van der Waals surface area contributed by atoms with Crippen molar-refractivity contribution < 1.29 is 5.11 Å². The lowest BCUT2D eigenvalue weighted by Crippen LogP contribution is -2.66. The normalized spacial score (nSPS) is 55.1. The number of hydrogen-bond acceptors (Lipinski definition) is 1. The lowest BCUT2D eigenvalue weighted by atomic mass is 9.41. The van der Waals surface area contributed by atoms with E-state index in [0.717, 1.165) is 29.2 Å². The molecule has 1 N–H and O–H groups in total. The molecule has 0 heterocycles. The van der Waals surface area contributed by atoms with E-state index < -0.39 is 5.60 Å². The molecule has 0 aliphatic heterocycles. The molecule has 0 aromatic carbocycles. The van der Waals surface area contributed by atoms with Gasteiger partial charge in [-0.3, -0.25) is 0 Å². The molecular weight excluding hydrogens is 220 g/mol. The summed E-state index contributed by atoms with van der Waals surface area (Å²) in [5, 5.41) is 10.9. The van der Waals surface area contributed by atoms with Crippen molar-refractivity contribution in [1.82, 2.24) is 0 Å². The minimum atomic E-state index is -0.545. The monoisotopic (exact) mass is 248 g/mol. The number of aliphatic hydroxyl groups is 1. The van der Waals surface area contributed by atoms with Crippen molar-refractivity contribution >= 4 is 0 Å². The van der Waals surface area contributed by atoms with Gasteiger partial charge in [-0.25, -0.2) is 0 Å². The van der Waals surface area contributed by atoms with Crippen molar-refractivity contribution in [2.45, 2.75) is 58.5 Å². The predicted molar refractivity (Wildman–Crippen MR) is 75.1 cm³/mol. The molecule has 1 nitrogen and oxygen atoms in total. The standard InChI is InChI=1S/C17H28O/c1-10(2)17(18)12(4)16-14-7-5-6-11(3)13(14)8-9-15(16)17/h11-16,18H,1,5-9H2,2-4H3/t11?,12?,13?,14?,15?,16?,17-/m0/s1. The SMILES string of the molecule is C=C(C)[C@]1(O)C(C)C2C3CCCC(C)C3CCC21. The van der Waals surface area contributed by atoms with Gasteiger partial charge in [-0.05, 0) is 67.3 Å². The Labute approximate surface area is 112 Å². The van der Waals surface area contributed by atoms with E-state index in [2.05, 4.69) is 20.4 Å². The molecule has 1 heteroatoms. The van der Waals surface area contributed by atoms with Crippen LogP contribution in [0.15, 0.2) is 12.2 Å². The second kappa shape index (κ2) is 4.10. The van der Waals surface area contributed by atoms with Crippen LogP contribution in [0.3, 0.4) is 0 Å². The van der Waals surface area contributed by atoms with E-state index in [-0.39, 0.29) is 0 Å². The molecule has 0 radical (unpaired) electrons. The van der Waals surface area contributed by atoms with Crippen LogP contribution >= 0.6 is 0 Å². The Morgan fingerprint density at radius 3 is 2.50 bits per heavy atom. The van der Waals surface area contributed by atoms with E-state index in [1.54, 1.807) is 0 Å². The summed E-state index contributed by atoms with van der Waals surface area (Å²) in [6.45, 7) is 10.8. The van der Waals surface area contributed by atoms with Gasteiger partial charge < -0.3 is 5.11 Å². The van der Waals surface area contributed by atoms with Crippen LogP contribution in [0.5, 0.6) is 0 Å². The predicted octanol–water partition coefficient (Wildman–Crippen LogP) is 4.02. The molecular formula is C17H28O. The molecule has 6 unspecified atom stereocenters. The largest absolute Gasteiger partial charge is 0.385 e. The maximum absolute atomic E-state index is 10.9. The third-order valence-corrected chi connectivity index (χ3v) is 6.77. The topological polar surface area (TPSA) is 20.2 Å². The molecule has 0 aromatic rings. The third-order valence-electron chi connectivity index (χ3n) is 6.77. The molecule has 7 atom stereocenters. The Morgan fingerprint density at radius 1 is 1.11 bits per heavy atom. The Hall–Kier alpha value is -0.300. The fourth-order valence-electron chi connectivity index (χ4n) is 5.82. The first kappa shape index (κ1) is 12.7. The first-order chi connectivity index (χ1) is 8.48. The number of rotatable bonds is 1. The molecule has 102 valence electrons. The average molecular weight is 248 g/mol. The molecule has 0 spiro atoms. The van der Waals surface area contributed by atoms with Gasteiger partial charge in [0.1, 0.15) is 0 Å². The van der Waals surface area contributed by atoms with Gasteiger partial charge in [0.05, 0.1) is 5.60 Å². The molecule has 0 aromatic heterocycles. The lowest BCUT2D eigenvalue weighted by Gasteiger charge is -2.65. The van der Waals surface area contributed by atoms with Crippen LogP contribution in [0.2, 0.25) is 0 Å². The van der Waals surface area contributed by atoms with Gasteiger partial charge in [-0.2, -0.15) is 0 Å². The maximum atomic E-state index is 10.9. The van der Waals surface area contributed by atoms with Crippen LogP contribution in [-0.2, 0) is 0 Å². The molecule has 0 bridgehead atoms. The smallest absolute Gasteiger partial charge is 0.0910 e. The minimum Gasteiger partial charge on any atom is -0.385 e. The van der Waals surface area contributed by atoms with E-state index >= 15 is 0 Å². The molecule has 3 aliphatic carbocycles. The summed E-state index contributed by atoms with van der Waals surface area (Å²) in [6.07, 6.45) is 6.81. The zero-order valence-electron chi connectivity index (χ0n) is 12.2. The highest BCUT2D eigenvalue weighted by atomic mass is 16.3. The molecule has 3 aliphatic rings. The van der Waals surface area contributed by atoms with Gasteiger partial charge in [0.2, 0.25) is 0 Å². The van der Waals surface area contributed by atoms with E-state index in [1.807, 2.05) is 6.92 Å². The van der Waals surface area contributed by atoms with Crippen LogP contribution in [-0.4, -0.2) is 10.7 Å². The van der Waals surface area contributed by atoms with Crippen molar-refractivity contribution in [2.24, 2.45) is 35.5 Å². The summed E-state index contributed by atoms with van der Waals surface area (Å²) in [4.78, 5) is 0. The molecule has 0 amide bonds. The van der Waals surface area contributed by atoms with Crippen molar-refractivity contribution in [3.8, 4) is 0 Å². The highest BCUT2D eigenvalue weighted by Gasteiger charge is 2.63. The first-order valence-corrected chi connectivity index (χ1v) is 7.86. The molecule has 3 saturated carbocycles.